The topological polar surface area (TPSA) is 68.5 Å². The predicted octanol–water partition coefficient (Wildman–Crippen LogP) is 3.10. The molecule has 0 aliphatic carbocycles. The number of hydrogen-bond donors (Lipinski definition) is 0. The summed E-state index contributed by atoms with van der Waals surface area (Å²) < 4.78 is 10.8. The molecule has 0 N–H and O–H groups in total. The summed E-state index contributed by atoms with van der Waals surface area (Å²) in [6.07, 6.45) is 2.28. The number of methoxy groups -OCH3 is 1. The zero-order chi connectivity index (χ0) is 16.9. The van der Waals surface area contributed by atoms with Crippen LogP contribution in [0.3, 0.4) is 0 Å². The van der Waals surface area contributed by atoms with Crippen LogP contribution in [0.1, 0.15) is 19.8 Å². The Morgan fingerprint density at radius 2 is 2.33 bits per heavy atom. The van der Waals surface area contributed by atoms with Crippen LogP contribution in [0.2, 0.25) is 0 Å². The van der Waals surface area contributed by atoms with Crippen LogP contribution in [0.25, 0.3) is 11.5 Å². The van der Waals surface area contributed by atoms with Crippen molar-refractivity contribution in [1.29, 1.82) is 0 Å². The van der Waals surface area contributed by atoms with Crippen molar-refractivity contribution in [3.8, 4) is 17.2 Å². The standard InChI is InChI=1S/C17H21N3O3S/c1-12-5-4-8-20(10-12)15(21)11-24-17-19-18-16(23-17)13-6-3-7-14(9-13)22-2/h3,6-7,9,12H,4-5,8,10-11H2,1-2H3. The first kappa shape index (κ1) is 16.8. The van der Waals surface area contributed by atoms with Gasteiger partial charge in [0, 0.05) is 18.7 Å². The van der Waals surface area contributed by atoms with Crippen LogP contribution in [0.5, 0.6) is 5.75 Å². The number of likely N-dealkylation sites (tertiary alicyclic amines) is 1. The number of rotatable bonds is 5. The maximum absolute atomic E-state index is 12.3. The number of thioether (sulfide) groups is 1. The van der Waals surface area contributed by atoms with E-state index in [9.17, 15) is 4.79 Å². The van der Waals surface area contributed by atoms with Crippen molar-refractivity contribution >= 4 is 17.7 Å². The average molecular weight is 347 g/mol. The summed E-state index contributed by atoms with van der Waals surface area (Å²) in [5, 5.41) is 8.47. The number of carbonyl (C=O) groups excluding carboxylic acids is 1. The molecule has 1 aliphatic rings. The fourth-order valence-electron chi connectivity index (χ4n) is 2.77. The van der Waals surface area contributed by atoms with Gasteiger partial charge in [0.1, 0.15) is 5.75 Å². The number of hydrogen-bond acceptors (Lipinski definition) is 6. The molecule has 128 valence electrons. The number of aromatic nitrogens is 2. The Morgan fingerprint density at radius 1 is 1.46 bits per heavy atom. The van der Waals surface area contributed by atoms with Crippen LogP contribution >= 0.6 is 11.8 Å². The van der Waals surface area contributed by atoms with Crippen molar-refractivity contribution < 1.29 is 13.9 Å². The third-order valence-corrected chi connectivity index (χ3v) is 4.86. The smallest absolute Gasteiger partial charge is 0.277 e. The van der Waals surface area contributed by atoms with Gasteiger partial charge in [-0.3, -0.25) is 4.79 Å². The highest BCUT2D eigenvalue weighted by molar-refractivity contribution is 7.99. The Balaban J connectivity index is 1.58. The van der Waals surface area contributed by atoms with Gasteiger partial charge in [-0.25, -0.2) is 0 Å². The first-order valence-corrected chi connectivity index (χ1v) is 9.03. The number of amides is 1. The zero-order valence-electron chi connectivity index (χ0n) is 13.9. The van der Waals surface area contributed by atoms with Crippen LogP contribution in [-0.2, 0) is 4.79 Å². The van der Waals surface area contributed by atoms with Crippen molar-refractivity contribution in [3.63, 3.8) is 0 Å². The normalized spacial score (nSPS) is 17.8. The maximum Gasteiger partial charge on any atom is 0.277 e. The lowest BCUT2D eigenvalue weighted by Crippen LogP contribution is -2.40. The monoisotopic (exact) mass is 347 g/mol. The second kappa shape index (κ2) is 7.70. The van der Waals surface area contributed by atoms with E-state index in [1.165, 1.54) is 18.2 Å². The van der Waals surface area contributed by atoms with Crippen molar-refractivity contribution in [1.82, 2.24) is 15.1 Å². The minimum atomic E-state index is 0.132. The van der Waals surface area contributed by atoms with Gasteiger partial charge >= 0.3 is 0 Å². The lowest BCUT2D eigenvalue weighted by Gasteiger charge is -2.30. The molecule has 1 aliphatic heterocycles. The molecule has 0 radical (unpaired) electrons. The summed E-state index contributed by atoms with van der Waals surface area (Å²) >= 11 is 1.29. The van der Waals surface area contributed by atoms with E-state index in [0.29, 0.717) is 22.8 Å². The molecule has 2 aromatic rings. The lowest BCUT2D eigenvalue weighted by atomic mass is 10.0. The van der Waals surface area contributed by atoms with E-state index in [4.69, 9.17) is 9.15 Å². The van der Waals surface area contributed by atoms with Gasteiger partial charge in [0.25, 0.3) is 5.22 Å². The number of nitrogens with zero attached hydrogens (tertiary/aromatic N) is 3. The molecule has 1 amide bonds. The van der Waals surface area contributed by atoms with E-state index in [0.717, 1.165) is 30.8 Å². The molecule has 1 aromatic heterocycles. The first-order chi connectivity index (χ1) is 11.7. The van der Waals surface area contributed by atoms with E-state index in [1.807, 2.05) is 29.2 Å². The van der Waals surface area contributed by atoms with E-state index in [1.54, 1.807) is 7.11 Å². The van der Waals surface area contributed by atoms with Crippen molar-refractivity contribution in [2.24, 2.45) is 5.92 Å². The van der Waals surface area contributed by atoms with E-state index in [2.05, 4.69) is 17.1 Å². The molecule has 24 heavy (non-hydrogen) atoms. The number of benzene rings is 1. The average Bonchev–Trinajstić information content (AvgIpc) is 3.09. The summed E-state index contributed by atoms with van der Waals surface area (Å²) in [5.41, 5.74) is 0.796. The van der Waals surface area contributed by atoms with Crippen LogP contribution in [0.15, 0.2) is 33.9 Å². The quantitative estimate of drug-likeness (QED) is 0.774. The van der Waals surface area contributed by atoms with E-state index >= 15 is 0 Å². The van der Waals surface area contributed by atoms with Crippen molar-refractivity contribution in [3.05, 3.63) is 24.3 Å². The van der Waals surface area contributed by atoms with E-state index in [-0.39, 0.29) is 5.91 Å². The van der Waals surface area contributed by atoms with Gasteiger partial charge in [-0.05, 0) is 37.0 Å². The zero-order valence-corrected chi connectivity index (χ0v) is 14.7. The summed E-state index contributed by atoms with van der Waals surface area (Å²) in [6.45, 7) is 3.88. The highest BCUT2D eigenvalue weighted by atomic mass is 32.2. The Labute approximate surface area is 145 Å². The van der Waals surface area contributed by atoms with Gasteiger partial charge < -0.3 is 14.1 Å². The second-order valence-electron chi connectivity index (χ2n) is 5.98. The minimum Gasteiger partial charge on any atom is -0.497 e. The molecule has 7 heteroatoms. The fraction of sp³-hybridized carbons (Fsp3) is 0.471. The molecule has 0 spiro atoms. The highest BCUT2D eigenvalue weighted by Crippen LogP contribution is 2.26. The molecule has 1 aromatic carbocycles. The largest absolute Gasteiger partial charge is 0.497 e. The molecule has 1 saturated heterocycles. The molecule has 0 bridgehead atoms. The number of ether oxygens (including phenoxy) is 1. The third kappa shape index (κ3) is 4.08. The molecule has 1 atom stereocenters. The highest BCUT2D eigenvalue weighted by Gasteiger charge is 2.21. The maximum atomic E-state index is 12.3. The molecule has 2 heterocycles. The SMILES string of the molecule is COc1cccc(-c2nnc(SCC(=O)N3CCCC(C)C3)o2)c1. The van der Waals surface area contributed by atoms with Gasteiger partial charge in [0.05, 0.1) is 12.9 Å². The minimum absolute atomic E-state index is 0.132. The molecule has 6 nitrogen and oxygen atoms in total. The van der Waals surface area contributed by atoms with Gasteiger partial charge in [-0.1, -0.05) is 24.8 Å². The first-order valence-electron chi connectivity index (χ1n) is 8.04. The lowest BCUT2D eigenvalue weighted by molar-refractivity contribution is -0.130. The van der Waals surface area contributed by atoms with Crippen LogP contribution in [0.4, 0.5) is 0 Å². The van der Waals surface area contributed by atoms with Crippen LogP contribution < -0.4 is 4.74 Å². The summed E-state index contributed by atoms with van der Waals surface area (Å²) in [6, 6.07) is 7.44. The summed E-state index contributed by atoms with van der Waals surface area (Å²) in [4.78, 5) is 14.2. The molecule has 1 fully saturated rings. The van der Waals surface area contributed by atoms with Crippen molar-refractivity contribution in [2.45, 2.75) is 25.0 Å². The fourth-order valence-corrected chi connectivity index (χ4v) is 3.44. The number of carbonyl (C=O) groups is 1. The van der Waals surface area contributed by atoms with Crippen molar-refractivity contribution in [2.75, 3.05) is 26.0 Å². The molecular weight excluding hydrogens is 326 g/mol. The predicted molar refractivity (Wildman–Crippen MR) is 92.0 cm³/mol. The molecule has 3 rings (SSSR count). The van der Waals surface area contributed by atoms with Gasteiger partial charge in [-0.2, -0.15) is 0 Å². The van der Waals surface area contributed by atoms with Gasteiger partial charge in [0.15, 0.2) is 0 Å². The Bertz CT molecular complexity index is 704. The Morgan fingerprint density at radius 3 is 3.12 bits per heavy atom. The molecule has 1 unspecified atom stereocenters. The number of piperidine rings is 1. The van der Waals surface area contributed by atoms with Gasteiger partial charge in [0.2, 0.25) is 11.8 Å². The molecular formula is C17H21N3O3S. The summed E-state index contributed by atoms with van der Waals surface area (Å²) in [7, 11) is 1.61. The third-order valence-electron chi connectivity index (χ3n) is 4.05. The van der Waals surface area contributed by atoms with Crippen LogP contribution in [0, 0.1) is 5.92 Å². The Kier molecular flexibility index (Phi) is 5.40. The summed E-state index contributed by atoms with van der Waals surface area (Å²) in [5.74, 6) is 2.19. The van der Waals surface area contributed by atoms with Gasteiger partial charge in [-0.15, -0.1) is 10.2 Å². The second-order valence-corrected chi connectivity index (χ2v) is 6.91. The Hall–Kier alpha value is -2.02. The van der Waals surface area contributed by atoms with E-state index < -0.39 is 0 Å². The van der Waals surface area contributed by atoms with Crippen LogP contribution in [-0.4, -0.2) is 47.0 Å². The molecule has 0 saturated carbocycles.